The first-order valence-corrected chi connectivity index (χ1v) is 7.29. The van der Waals surface area contributed by atoms with E-state index in [-0.39, 0.29) is 12.4 Å². The highest BCUT2D eigenvalue weighted by Crippen LogP contribution is 2.25. The van der Waals surface area contributed by atoms with Crippen LogP contribution in [0, 0.1) is 5.82 Å². The maximum absolute atomic E-state index is 13.0. The minimum atomic E-state index is -0.212. The van der Waals surface area contributed by atoms with E-state index >= 15 is 0 Å². The molecule has 0 bridgehead atoms. The van der Waals surface area contributed by atoms with E-state index in [4.69, 9.17) is 5.11 Å². The summed E-state index contributed by atoms with van der Waals surface area (Å²) in [4.78, 5) is 2.40. The van der Waals surface area contributed by atoms with Crippen molar-refractivity contribution in [2.45, 2.75) is 38.3 Å². The monoisotopic (exact) mass is 315 g/mol. The van der Waals surface area contributed by atoms with Crippen LogP contribution in [0.1, 0.15) is 31.2 Å². The van der Waals surface area contributed by atoms with Crippen molar-refractivity contribution in [2.24, 2.45) is 0 Å². The third-order valence-electron chi connectivity index (χ3n) is 3.60. The molecule has 2 nitrogen and oxygen atoms in total. The van der Waals surface area contributed by atoms with E-state index in [9.17, 15) is 4.39 Å². The first-order chi connectivity index (χ1) is 8.70. The van der Waals surface area contributed by atoms with E-state index in [0.29, 0.717) is 6.04 Å². The molecule has 18 heavy (non-hydrogen) atoms. The maximum atomic E-state index is 13.0. The van der Waals surface area contributed by atoms with Gasteiger partial charge in [0.1, 0.15) is 5.82 Å². The zero-order valence-corrected chi connectivity index (χ0v) is 12.0. The van der Waals surface area contributed by atoms with E-state index in [0.717, 1.165) is 36.0 Å². The zero-order valence-electron chi connectivity index (χ0n) is 10.4. The molecule has 1 saturated heterocycles. The van der Waals surface area contributed by atoms with Crippen LogP contribution in [0.3, 0.4) is 0 Å². The lowest BCUT2D eigenvalue weighted by Crippen LogP contribution is -2.39. The van der Waals surface area contributed by atoms with Crippen LogP contribution in [0.15, 0.2) is 22.7 Å². The molecular formula is C14H19BrFNO. The number of nitrogens with zero attached hydrogens (tertiary/aromatic N) is 1. The molecule has 0 aromatic heterocycles. The van der Waals surface area contributed by atoms with Crippen molar-refractivity contribution in [3.63, 3.8) is 0 Å². The standard InChI is InChI=1S/C14H19BrFNO/c15-14-9-12(16)5-4-11(14)10-17-7-2-1-3-13(17)6-8-18/h4-5,9,13,18H,1-3,6-8,10H2. The molecule has 0 aliphatic carbocycles. The molecule has 1 aliphatic rings. The quantitative estimate of drug-likeness (QED) is 0.921. The van der Waals surface area contributed by atoms with Crippen molar-refractivity contribution in [1.82, 2.24) is 4.90 Å². The minimum Gasteiger partial charge on any atom is -0.396 e. The first-order valence-electron chi connectivity index (χ1n) is 6.49. The zero-order chi connectivity index (χ0) is 13.0. The highest BCUT2D eigenvalue weighted by molar-refractivity contribution is 9.10. The summed E-state index contributed by atoms with van der Waals surface area (Å²) in [6.45, 7) is 2.13. The lowest BCUT2D eigenvalue weighted by molar-refractivity contribution is 0.112. The van der Waals surface area contributed by atoms with Gasteiger partial charge in [-0.1, -0.05) is 28.4 Å². The number of halogens is 2. The topological polar surface area (TPSA) is 23.5 Å². The molecule has 1 aromatic rings. The lowest BCUT2D eigenvalue weighted by atomic mass is 9.99. The van der Waals surface area contributed by atoms with Gasteiger partial charge in [-0.15, -0.1) is 0 Å². The predicted octanol–water partition coefficient (Wildman–Crippen LogP) is 3.33. The van der Waals surface area contributed by atoms with Gasteiger partial charge in [0.2, 0.25) is 0 Å². The SMILES string of the molecule is OCCC1CCCCN1Cc1ccc(F)cc1Br. The van der Waals surface area contributed by atoms with Crippen molar-refractivity contribution < 1.29 is 9.50 Å². The number of hydrogen-bond donors (Lipinski definition) is 1. The van der Waals surface area contributed by atoms with E-state index in [1.165, 1.54) is 25.0 Å². The fraction of sp³-hybridized carbons (Fsp3) is 0.571. The van der Waals surface area contributed by atoms with Gasteiger partial charge in [0, 0.05) is 23.7 Å². The van der Waals surface area contributed by atoms with Gasteiger partial charge in [0.25, 0.3) is 0 Å². The second kappa shape index (κ2) is 6.64. The average Bonchev–Trinajstić information content (AvgIpc) is 2.35. The van der Waals surface area contributed by atoms with Crippen LogP contribution in [0.5, 0.6) is 0 Å². The fourth-order valence-electron chi connectivity index (χ4n) is 2.61. The van der Waals surface area contributed by atoms with Crippen LogP contribution in [0.2, 0.25) is 0 Å². The number of aliphatic hydroxyl groups excluding tert-OH is 1. The third kappa shape index (κ3) is 3.53. The Morgan fingerprint density at radius 1 is 1.39 bits per heavy atom. The van der Waals surface area contributed by atoms with Crippen molar-refractivity contribution in [1.29, 1.82) is 0 Å². The van der Waals surface area contributed by atoms with E-state index in [1.807, 2.05) is 6.07 Å². The Balaban J connectivity index is 2.06. The molecule has 1 heterocycles. The largest absolute Gasteiger partial charge is 0.396 e. The highest BCUT2D eigenvalue weighted by atomic mass is 79.9. The molecule has 1 fully saturated rings. The molecule has 4 heteroatoms. The third-order valence-corrected chi connectivity index (χ3v) is 4.34. The van der Waals surface area contributed by atoms with Gasteiger partial charge in [-0.3, -0.25) is 4.90 Å². The number of likely N-dealkylation sites (tertiary alicyclic amines) is 1. The molecule has 1 atom stereocenters. The summed E-state index contributed by atoms with van der Waals surface area (Å²) in [5, 5.41) is 9.11. The number of aliphatic hydroxyl groups is 1. The molecule has 1 N–H and O–H groups in total. The number of hydrogen-bond acceptors (Lipinski definition) is 2. The Morgan fingerprint density at radius 2 is 2.22 bits per heavy atom. The van der Waals surface area contributed by atoms with Crippen LogP contribution in [0.4, 0.5) is 4.39 Å². The Kier molecular flexibility index (Phi) is 5.15. The first kappa shape index (κ1) is 14.0. The molecule has 0 saturated carbocycles. The van der Waals surface area contributed by atoms with Crippen molar-refractivity contribution in [3.05, 3.63) is 34.1 Å². The highest BCUT2D eigenvalue weighted by Gasteiger charge is 2.22. The Hall–Kier alpha value is -0.450. The Bertz CT molecular complexity index is 397. The van der Waals surface area contributed by atoms with Gasteiger partial charge >= 0.3 is 0 Å². The maximum Gasteiger partial charge on any atom is 0.124 e. The Labute approximate surface area is 116 Å². The van der Waals surface area contributed by atoms with Crippen LogP contribution < -0.4 is 0 Å². The molecular weight excluding hydrogens is 297 g/mol. The molecule has 0 radical (unpaired) electrons. The van der Waals surface area contributed by atoms with E-state index < -0.39 is 0 Å². The summed E-state index contributed by atoms with van der Waals surface area (Å²) in [5.74, 6) is -0.212. The molecule has 1 aliphatic heterocycles. The van der Waals surface area contributed by atoms with Gasteiger partial charge in [-0.2, -0.15) is 0 Å². The smallest absolute Gasteiger partial charge is 0.124 e. The van der Waals surface area contributed by atoms with Crippen molar-refractivity contribution >= 4 is 15.9 Å². The van der Waals surface area contributed by atoms with Crippen LogP contribution in [0.25, 0.3) is 0 Å². The van der Waals surface area contributed by atoms with Gasteiger partial charge in [-0.05, 0) is 43.5 Å². The summed E-state index contributed by atoms with van der Waals surface area (Å²) < 4.78 is 13.9. The molecule has 2 rings (SSSR count). The van der Waals surface area contributed by atoms with Crippen LogP contribution >= 0.6 is 15.9 Å². The second-order valence-corrected chi connectivity index (χ2v) is 5.72. The summed E-state index contributed by atoms with van der Waals surface area (Å²) in [5.41, 5.74) is 1.11. The molecule has 1 aromatic carbocycles. The number of piperidine rings is 1. The van der Waals surface area contributed by atoms with E-state index in [1.54, 1.807) is 0 Å². The average molecular weight is 316 g/mol. The summed E-state index contributed by atoms with van der Waals surface area (Å²) in [6.07, 6.45) is 4.44. The summed E-state index contributed by atoms with van der Waals surface area (Å²) in [7, 11) is 0. The lowest BCUT2D eigenvalue weighted by Gasteiger charge is -2.35. The molecule has 1 unspecified atom stereocenters. The predicted molar refractivity (Wildman–Crippen MR) is 73.9 cm³/mol. The van der Waals surface area contributed by atoms with Crippen molar-refractivity contribution in [2.75, 3.05) is 13.2 Å². The molecule has 0 spiro atoms. The summed E-state index contributed by atoms with van der Waals surface area (Å²) in [6, 6.07) is 5.32. The molecule has 100 valence electrons. The van der Waals surface area contributed by atoms with Gasteiger partial charge in [-0.25, -0.2) is 4.39 Å². The van der Waals surface area contributed by atoms with Crippen molar-refractivity contribution in [3.8, 4) is 0 Å². The van der Waals surface area contributed by atoms with Gasteiger partial charge < -0.3 is 5.11 Å². The minimum absolute atomic E-state index is 0.212. The summed E-state index contributed by atoms with van der Waals surface area (Å²) >= 11 is 3.42. The van der Waals surface area contributed by atoms with Gasteiger partial charge in [0.05, 0.1) is 0 Å². The number of rotatable bonds is 4. The Morgan fingerprint density at radius 3 is 2.94 bits per heavy atom. The normalized spacial score (nSPS) is 21.2. The molecule has 0 amide bonds. The van der Waals surface area contributed by atoms with Crippen LogP contribution in [-0.4, -0.2) is 29.2 Å². The van der Waals surface area contributed by atoms with Crippen LogP contribution in [-0.2, 0) is 6.54 Å². The number of benzene rings is 1. The second-order valence-electron chi connectivity index (χ2n) is 4.87. The fourth-order valence-corrected chi connectivity index (χ4v) is 3.09. The van der Waals surface area contributed by atoms with Gasteiger partial charge in [0.15, 0.2) is 0 Å². The van der Waals surface area contributed by atoms with E-state index in [2.05, 4.69) is 20.8 Å².